The van der Waals surface area contributed by atoms with E-state index >= 15 is 0 Å². The molecule has 142 valence electrons. The Hall–Kier alpha value is -3.13. The van der Waals surface area contributed by atoms with E-state index in [0.717, 1.165) is 0 Å². The van der Waals surface area contributed by atoms with Gasteiger partial charge in [0, 0.05) is 11.1 Å². The van der Waals surface area contributed by atoms with Gasteiger partial charge in [-0.15, -0.1) is 0 Å². The zero-order valence-electron chi connectivity index (χ0n) is 14.6. The molecule has 0 radical (unpaired) electrons. The number of carbonyl (C=O) groups excluding carboxylic acids is 2. The van der Waals surface area contributed by atoms with Crippen molar-refractivity contribution < 1.29 is 24.0 Å². The maximum atomic E-state index is 12.3. The van der Waals surface area contributed by atoms with Crippen LogP contribution in [0.1, 0.15) is 12.5 Å². The van der Waals surface area contributed by atoms with E-state index in [0.29, 0.717) is 10.6 Å². The Balaban J connectivity index is 2.00. The van der Waals surface area contributed by atoms with Crippen molar-refractivity contribution in [2.24, 2.45) is 0 Å². The third-order valence-corrected chi connectivity index (χ3v) is 3.99. The number of nitro groups is 1. The molecular weight excluding hydrogens is 376 g/mol. The molecule has 0 aliphatic rings. The first-order valence-corrected chi connectivity index (χ1v) is 8.25. The minimum atomic E-state index is -1.08. The Morgan fingerprint density at radius 1 is 1.26 bits per heavy atom. The van der Waals surface area contributed by atoms with Crippen molar-refractivity contribution in [3.8, 4) is 5.75 Å². The van der Waals surface area contributed by atoms with Gasteiger partial charge < -0.3 is 14.8 Å². The zero-order chi connectivity index (χ0) is 20.0. The fourth-order valence-electron chi connectivity index (χ4n) is 2.22. The highest BCUT2D eigenvalue weighted by molar-refractivity contribution is 6.31. The van der Waals surface area contributed by atoms with E-state index in [-0.39, 0.29) is 23.5 Å². The molecule has 1 amide bonds. The highest BCUT2D eigenvalue weighted by atomic mass is 35.5. The van der Waals surface area contributed by atoms with Crippen LogP contribution in [0.25, 0.3) is 0 Å². The number of anilines is 1. The molecule has 0 aliphatic carbocycles. The predicted octanol–water partition coefficient (Wildman–Crippen LogP) is 3.37. The minimum absolute atomic E-state index is 0.0713. The van der Waals surface area contributed by atoms with Gasteiger partial charge in [-0.2, -0.15) is 0 Å². The van der Waals surface area contributed by atoms with Gasteiger partial charge in [0.15, 0.2) is 6.10 Å². The monoisotopic (exact) mass is 392 g/mol. The number of nitro benzene ring substituents is 1. The molecule has 0 saturated carbocycles. The van der Waals surface area contributed by atoms with Gasteiger partial charge in [-0.05, 0) is 24.6 Å². The molecule has 1 N–H and O–H groups in total. The number of non-ortho nitro benzene ring substituents is 1. The van der Waals surface area contributed by atoms with Gasteiger partial charge in [-0.25, -0.2) is 0 Å². The zero-order valence-corrected chi connectivity index (χ0v) is 15.4. The van der Waals surface area contributed by atoms with Crippen molar-refractivity contribution in [2.75, 3.05) is 12.4 Å². The number of carbonyl (C=O) groups is 2. The van der Waals surface area contributed by atoms with Crippen molar-refractivity contribution in [2.45, 2.75) is 19.4 Å². The molecule has 0 bridgehead atoms. The molecule has 1 atom stereocenters. The number of benzene rings is 2. The summed E-state index contributed by atoms with van der Waals surface area (Å²) in [5.41, 5.74) is 0.639. The summed E-state index contributed by atoms with van der Waals surface area (Å²) in [6.45, 7) is 1.41. The molecule has 0 saturated heterocycles. The topological polar surface area (TPSA) is 108 Å². The summed E-state index contributed by atoms with van der Waals surface area (Å²) >= 11 is 5.99. The molecule has 0 fully saturated rings. The van der Waals surface area contributed by atoms with E-state index in [1.54, 1.807) is 24.3 Å². The molecule has 0 unspecified atom stereocenters. The van der Waals surface area contributed by atoms with Crippen LogP contribution < -0.4 is 10.1 Å². The SMILES string of the molecule is COc1cc([N+](=O)[O-])ccc1NC(=O)[C@@H](C)OC(=O)Cc1ccccc1Cl. The number of rotatable bonds is 7. The molecule has 27 heavy (non-hydrogen) atoms. The number of amides is 1. The van der Waals surface area contributed by atoms with E-state index in [4.69, 9.17) is 21.1 Å². The van der Waals surface area contributed by atoms with Crippen LogP contribution in [-0.4, -0.2) is 30.0 Å². The second kappa shape index (κ2) is 9.00. The lowest BCUT2D eigenvalue weighted by molar-refractivity contribution is -0.384. The second-order valence-electron chi connectivity index (χ2n) is 5.53. The van der Waals surface area contributed by atoms with Gasteiger partial charge in [0.05, 0.1) is 30.2 Å². The van der Waals surface area contributed by atoms with Crippen molar-refractivity contribution in [1.82, 2.24) is 0 Å². The quantitative estimate of drug-likeness (QED) is 0.439. The third kappa shape index (κ3) is 5.42. The Morgan fingerprint density at radius 2 is 1.96 bits per heavy atom. The van der Waals surface area contributed by atoms with E-state index in [2.05, 4.69) is 5.32 Å². The van der Waals surface area contributed by atoms with Gasteiger partial charge in [-0.1, -0.05) is 29.8 Å². The summed E-state index contributed by atoms with van der Waals surface area (Å²) in [4.78, 5) is 34.5. The number of methoxy groups -OCH3 is 1. The maximum Gasteiger partial charge on any atom is 0.311 e. The molecule has 9 heteroatoms. The van der Waals surface area contributed by atoms with Gasteiger partial charge in [0.25, 0.3) is 11.6 Å². The summed E-state index contributed by atoms with van der Waals surface area (Å²) < 4.78 is 10.2. The summed E-state index contributed by atoms with van der Waals surface area (Å²) in [5, 5.41) is 13.8. The predicted molar refractivity (Wildman–Crippen MR) is 99.0 cm³/mol. The smallest absolute Gasteiger partial charge is 0.311 e. The Bertz CT molecular complexity index is 871. The average molecular weight is 393 g/mol. The Labute approximate surface area is 160 Å². The van der Waals surface area contributed by atoms with Crippen LogP contribution >= 0.6 is 11.6 Å². The molecular formula is C18H17ClN2O6. The molecule has 0 spiro atoms. The summed E-state index contributed by atoms with van der Waals surface area (Å²) in [7, 11) is 1.32. The number of esters is 1. The van der Waals surface area contributed by atoms with Gasteiger partial charge in [0.2, 0.25) is 0 Å². The number of halogens is 1. The number of hydrogen-bond acceptors (Lipinski definition) is 6. The van der Waals surface area contributed by atoms with Crippen molar-refractivity contribution in [3.63, 3.8) is 0 Å². The van der Waals surface area contributed by atoms with Crippen LogP contribution in [0.15, 0.2) is 42.5 Å². The van der Waals surface area contributed by atoms with Crippen molar-refractivity contribution in [3.05, 3.63) is 63.2 Å². The number of hydrogen-bond donors (Lipinski definition) is 1. The largest absolute Gasteiger partial charge is 0.494 e. The molecule has 0 aromatic heterocycles. The molecule has 0 aliphatic heterocycles. The van der Waals surface area contributed by atoms with Gasteiger partial charge in [0.1, 0.15) is 5.75 Å². The average Bonchev–Trinajstić information content (AvgIpc) is 2.63. The number of nitrogens with one attached hydrogen (secondary N) is 1. The van der Waals surface area contributed by atoms with Crippen LogP contribution in [0.3, 0.4) is 0 Å². The molecule has 2 rings (SSSR count). The maximum absolute atomic E-state index is 12.3. The minimum Gasteiger partial charge on any atom is -0.494 e. The summed E-state index contributed by atoms with van der Waals surface area (Å²) in [6, 6.07) is 10.6. The lowest BCUT2D eigenvalue weighted by atomic mass is 10.1. The first-order valence-electron chi connectivity index (χ1n) is 7.88. The van der Waals surface area contributed by atoms with Crippen LogP contribution in [0, 0.1) is 10.1 Å². The molecule has 2 aromatic rings. The highest BCUT2D eigenvalue weighted by Crippen LogP contribution is 2.29. The Kier molecular flexibility index (Phi) is 6.73. The van der Waals surface area contributed by atoms with Crippen molar-refractivity contribution >= 4 is 34.9 Å². The third-order valence-electron chi connectivity index (χ3n) is 3.62. The molecule has 2 aromatic carbocycles. The number of ether oxygens (including phenoxy) is 2. The summed E-state index contributed by atoms with van der Waals surface area (Å²) in [5.74, 6) is -1.09. The fourth-order valence-corrected chi connectivity index (χ4v) is 2.42. The van der Waals surface area contributed by atoms with Crippen molar-refractivity contribution in [1.29, 1.82) is 0 Å². The fraction of sp³-hybridized carbons (Fsp3) is 0.222. The highest BCUT2D eigenvalue weighted by Gasteiger charge is 2.21. The molecule has 0 heterocycles. The second-order valence-corrected chi connectivity index (χ2v) is 5.94. The van der Waals surface area contributed by atoms with E-state index in [1.165, 1.54) is 32.2 Å². The lowest BCUT2D eigenvalue weighted by Crippen LogP contribution is -2.30. The first-order chi connectivity index (χ1) is 12.8. The lowest BCUT2D eigenvalue weighted by Gasteiger charge is -2.15. The Morgan fingerprint density at radius 3 is 2.59 bits per heavy atom. The van der Waals surface area contributed by atoms with Gasteiger partial charge in [-0.3, -0.25) is 19.7 Å². The van der Waals surface area contributed by atoms with E-state index < -0.39 is 22.9 Å². The van der Waals surface area contributed by atoms with Crippen LogP contribution in [0.4, 0.5) is 11.4 Å². The molecule has 8 nitrogen and oxygen atoms in total. The van der Waals surface area contributed by atoms with E-state index in [1.807, 2.05) is 0 Å². The van der Waals surface area contributed by atoms with Crippen LogP contribution in [0.2, 0.25) is 5.02 Å². The normalized spacial score (nSPS) is 11.4. The first kappa shape index (κ1) is 20.2. The standard InChI is InChI=1S/C18H17ClN2O6/c1-11(27-17(22)9-12-5-3-4-6-14(12)19)18(23)20-15-8-7-13(21(24)25)10-16(15)26-2/h3-8,10-11H,9H2,1-2H3,(H,20,23)/t11-/m1/s1. The van der Waals surface area contributed by atoms with Crippen LogP contribution in [-0.2, 0) is 20.7 Å². The number of nitrogens with zero attached hydrogens (tertiary/aromatic N) is 1. The van der Waals surface area contributed by atoms with Crippen LogP contribution in [0.5, 0.6) is 5.75 Å². The summed E-state index contributed by atoms with van der Waals surface area (Å²) in [6.07, 6.45) is -1.15. The van der Waals surface area contributed by atoms with Gasteiger partial charge >= 0.3 is 5.97 Å². The van der Waals surface area contributed by atoms with E-state index in [9.17, 15) is 19.7 Å².